The Kier molecular flexibility index (Phi) is 3.59. The van der Waals surface area contributed by atoms with E-state index >= 15 is 0 Å². The fraction of sp³-hybridized carbons (Fsp3) is 0.200. The van der Waals surface area contributed by atoms with Crippen LogP contribution in [0.5, 0.6) is 0 Å². The summed E-state index contributed by atoms with van der Waals surface area (Å²) in [5.74, 6) is 0.661. The standard InChI is InChI=1S/C15H15BrN4S/c1-8-14(21-9(2)18-8)13-12(15(17)20(3)19-13)10-5-4-6-11(16)7-10/h4-7H,17H2,1-3H3. The van der Waals surface area contributed by atoms with Gasteiger partial charge in [0.2, 0.25) is 0 Å². The molecule has 0 aliphatic heterocycles. The first-order valence-corrected chi connectivity index (χ1v) is 8.11. The fourth-order valence-electron chi connectivity index (χ4n) is 2.38. The van der Waals surface area contributed by atoms with Crippen LogP contribution in [-0.2, 0) is 7.05 Å². The Morgan fingerprint density at radius 3 is 2.67 bits per heavy atom. The highest BCUT2D eigenvalue weighted by Gasteiger charge is 2.21. The molecule has 0 saturated carbocycles. The molecule has 1 aromatic carbocycles. The number of thiazole rings is 1. The van der Waals surface area contributed by atoms with Gasteiger partial charge in [0.1, 0.15) is 11.5 Å². The molecule has 0 radical (unpaired) electrons. The highest BCUT2D eigenvalue weighted by molar-refractivity contribution is 9.10. The SMILES string of the molecule is Cc1nc(C)c(-c2nn(C)c(N)c2-c2cccc(Br)c2)s1. The third-order valence-corrected chi connectivity index (χ3v) is 4.90. The first kappa shape index (κ1) is 14.3. The Morgan fingerprint density at radius 1 is 1.29 bits per heavy atom. The highest BCUT2D eigenvalue weighted by Crippen LogP contribution is 2.40. The molecule has 108 valence electrons. The molecule has 0 atom stereocenters. The van der Waals surface area contributed by atoms with Crippen molar-refractivity contribution in [3.8, 4) is 21.7 Å². The minimum Gasteiger partial charge on any atom is -0.383 e. The van der Waals surface area contributed by atoms with Crippen LogP contribution >= 0.6 is 27.3 Å². The number of halogens is 1. The first-order chi connectivity index (χ1) is 9.97. The van der Waals surface area contributed by atoms with Crippen molar-refractivity contribution in [2.24, 2.45) is 7.05 Å². The maximum Gasteiger partial charge on any atom is 0.129 e. The van der Waals surface area contributed by atoms with Gasteiger partial charge in [0.15, 0.2) is 0 Å². The summed E-state index contributed by atoms with van der Waals surface area (Å²) in [6.45, 7) is 4.01. The van der Waals surface area contributed by atoms with E-state index in [4.69, 9.17) is 5.73 Å². The molecule has 3 rings (SSSR count). The van der Waals surface area contributed by atoms with Gasteiger partial charge in [-0.2, -0.15) is 5.10 Å². The van der Waals surface area contributed by atoms with Crippen molar-refractivity contribution in [3.05, 3.63) is 39.4 Å². The van der Waals surface area contributed by atoms with Crippen molar-refractivity contribution < 1.29 is 0 Å². The number of rotatable bonds is 2. The molecule has 0 saturated heterocycles. The van der Waals surface area contributed by atoms with Gasteiger partial charge in [0.05, 0.1) is 21.1 Å². The maximum absolute atomic E-state index is 6.25. The van der Waals surface area contributed by atoms with Crippen LogP contribution in [0.1, 0.15) is 10.7 Å². The van der Waals surface area contributed by atoms with Crippen LogP contribution in [-0.4, -0.2) is 14.8 Å². The minimum absolute atomic E-state index is 0.661. The lowest BCUT2D eigenvalue weighted by Crippen LogP contribution is -1.97. The first-order valence-electron chi connectivity index (χ1n) is 6.50. The molecule has 21 heavy (non-hydrogen) atoms. The second-order valence-corrected chi connectivity index (χ2v) is 7.01. The molecule has 2 N–H and O–H groups in total. The number of nitrogens with zero attached hydrogens (tertiary/aromatic N) is 3. The van der Waals surface area contributed by atoms with Gasteiger partial charge < -0.3 is 5.73 Å². The lowest BCUT2D eigenvalue weighted by Gasteiger charge is -2.04. The Balaban J connectivity index is 2.28. The van der Waals surface area contributed by atoms with Crippen molar-refractivity contribution >= 4 is 33.1 Å². The van der Waals surface area contributed by atoms with Gasteiger partial charge in [0, 0.05) is 11.5 Å². The Bertz CT molecular complexity index is 819. The summed E-state index contributed by atoms with van der Waals surface area (Å²) in [4.78, 5) is 5.58. The number of aromatic nitrogens is 3. The summed E-state index contributed by atoms with van der Waals surface area (Å²) >= 11 is 5.16. The van der Waals surface area contributed by atoms with E-state index < -0.39 is 0 Å². The van der Waals surface area contributed by atoms with Crippen LogP contribution in [0.3, 0.4) is 0 Å². The molecular weight excluding hydrogens is 348 g/mol. The number of anilines is 1. The summed E-state index contributed by atoms with van der Waals surface area (Å²) in [7, 11) is 1.86. The number of nitrogens with two attached hydrogens (primary N) is 1. The molecule has 0 bridgehead atoms. The van der Waals surface area contributed by atoms with Gasteiger partial charge in [-0.3, -0.25) is 4.68 Å². The van der Waals surface area contributed by atoms with Crippen LogP contribution in [0, 0.1) is 13.8 Å². The molecule has 6 heteroatoms. The van der Waals surface area contributed by atoms with Gasteiger partial charge in [-0.05, 0) is 31.5 Å². The topological polar surface area (TPSA) is 56.7 Å². The summed E-state index contributed by atoms with van der Waals surface area (Å²) in [5, 5.41) is 5.64. The number of benzene rings is 1. The second-order valence-electron chi connectivity index (χ2n) is 4.89. The van der Waals surface area contributed by atoms with Crippen LogP contribution in [0.2, 0.25) is 0 Å². The average molecular weight is 363 g/mol. The normalized spacial score (nSPS) is 11.0. The second kappa shape index (κ2) is 5.27. The third-order valence-electron chi connectivity index (χ3n) is 3.32. The summed E-state index contributed by atoms with van der Waals surface area (Å²) in [6, 6.07) is 8.10. The van der Waals surface area contributed by atoms with Crippen molar-refractivity contribution in [1.82, 2.24) is 14.8 Å². The molecule has 4 nitrogen and oxygen atoms in total. The number of aryl methyl sites for hydroxylation is 3. The molecule has 0 unspecified atom stereocenters. The Hall–Kier alpha value is -1.66. The Morgan fingerprint density at radius 2 is 2.05 bits per heavy atom. The molecule has 2 aromatic heterocycles. The number of nitrogen functional groups attached to an aromatic ring is 1. The van der Waals surface area contributed by atoms with E-state index in [0.717, 1.165) is 36.9 Å². The zero-order valence-electron chi connectivity index (χ0n) is 12.0. The smallest absolute Gasteiger partial charge is 0.129 e. The summed E-state index contributed by atoms with van der Waals surface area (Å²) in [6.07, 6.45) is 0. The molecular formula is C15H15BrN4S. The predicted octanol–water partition coefficient (Wildman–Crippen LogP) is 4.17. The highest BCUT2D eigenvalue weighted by atomic mass is 79.9. The van der Waals surface area contributed by atoms with E-state index in [-0.39, 0.29) is 0 Å². The van der Waals surface area contributed by atoms with E-state index in [0.29, 0.717) is 5.82 Å². The third kappa shape index (κ3) is 2.49. The van der Waals surface area contributed by atoms with E-state index in [1.165, 1.54) is 0 Å². The molecule has 0 fully saturated rings. The van der Waals surface area contributed by atoms with Gasteiger partial charge in [-0.25, -0.2) is 4.98 Å². The van der Waals surface area contributed by atoms with E-state index in [1.54, 1.807) is 16.0 Å². The minimum atomic E-state index is 0.661. The molecule has 3 aromatic rings. The molecule has 0 aliphatic rings. The monoisotopic (exact) mass is 362 g/mol. The largest absolute Gasteiger partial charge is 0.383 e. The number of hydrogen-bond donors (Lipinski definition) is 1. The van der Waals surface area contributed by atoms with Gasteiger partial charge in [0.25, 0.3) is 0 Å². The molecule has 0 spiro atoms. The van der Waals surface area contributed by atoms with Crippen molar-refractivity contribution in [2.45, 2.75) is 13.8 Å². The average Bonchev–Trinajstić information content (AvgIpc) is 2.90. The van der Waals surface area contributed by atoms with Gasteiger partial charge >= 0.3 is 0 Å². The van der Waals surface area contributed by atoms with Gasteiger partial charge in [-0.1, -0.05) is 28.1 Å². The van der Waals surface area contributed by atoms with Gasteiger partial charge in [-0.15, -0.1) is 11.3 Å². The van der Waals surface area contributed by atoms with E-state index in [1.807, 2.05) is 39.1 Å². The molecule has 0 amide bonds. The van der Waals surface area contributed by atoms with Crippen LogP contribution in [0.25, 0.3) is 21.7 Å². The summed E-state index contributed by atoms with van der Waals surface area (Å²) < 4.78 is 2.74. The zero-order chi connectivity index (χ0) is 15.1. The van der Waals surface area contributed by atoms with Crippen molar-refractivity contribution in [2.75, 3.05) is 5.73 Å². The fourth-order valence-corrected chi connectivity index (χ4v) is 3.69. The molecule has 2 heterocycles. The lowest BCUT2D eigenvalue weighted by molar-refractivity contribution is 0.782. The molecule has 0 aliphatic carbocycles. The summed E-state index contributed by atoms with van der Waals surface area (Å²) in [5.41, 5.74) is 10.2. The van der Waals surface area contributed by atoms with Crippen LogP contribution < -0.4 is 5.73 Å². The van der Waals surface area contributed by atoms with Crippen LogP contribution in [0.4, 0.5) is 5.82 Å². The maximum atomic E-state index is 6.25. The predicted molar refractivity (Wildman–Crippen MR) is 91.3 cm³/mol. The van der Waals surface area contributed by atoms with Crippen molar-refractivity contribution in [1.29, 1.82) is 0 Å². The lowest BCUT2D eigenvalue weighted by atomic mass is 10.0. The van der Waals surface area contributed by atoms with E-state index in [9.17, 15) is 0 Å². The van der Waals surface area contributed by atoms with Crippen LogP contribution in [0.15, 0.2) is 28.7 Å². The van der Waals surface area contributed by atoms with Crippen molar-refractivity contribution in [3.63, 3.8) is 0 Å². The quantitative estimate of drug-likeness (QED) is 0.743. The van der Waals surface area contributed by atoms with E-state index in [2.05, 4.69) is 32.1 Å². The Labute approximate surface area is 135 Å². The number of hydrogen-bond acceptors (Lipinski definition) is 4. The zero-order valence-corrected chi connectivity index (χ0v) is 14.4.